The first kappa shape index (κ1) is 41.4. The van der Waals surface area contributed by atoms with Gasteiger partial charge < -0.3 is 5.11 Å². The minimum absolute atomic E-state index is 0.0904. The van der Waals surface area contributed by atoms with Gasteiger partial charge in [0.25, 0.3) is 0 Å². The van der Waals surface area contributed by atoms with E-state index >= 15 is 0 Å². The Balaban J connectivity index is 1.25. The van der Waals surface area contributed by atoms with Gasteiger partial charge in [0.1, 0.15) is 11.6 Å². The Labute approximate surface area is 411 Å². The Morgan fingerprint density at radius 3 is 1.86 bits per heavy atom. The molecule has 0 spiro atoms. The number of rotatable bonds is 8. The number of imidazole rings is 1. The van der Waals surface area contributed by atoms with Gasteiger partial charge in [-0.1, -0.05) is 174 Å². The van der Waals surface area contributed by atoms with Crippen molar-refractivity contribution in [3.05, 3.63) is 216 Å². The van der Waals surface area contributed by atoms with E-state index in [1.165, 1.54) is 5.56 Å². The largest absolute Gasteiger partial charge is 0.507 e. The summed E-state index contributed by atoms with van der Waals surface area (Å²) >= 11 is 0. The monoisotopic (exact) mass is 900 g/mol. The van der Waals surface area contributed by atoms with Crippen molar-refractivity contribution in [1.82, 2.24) is 14.5 Å². The zero-order valence-electron chi connectivity index (χ0n) is 43.7. The average molecular weight is 901 g/mol. The number of pyridine rings is 1. The van der Waals surface area contributed by atoms with Gasteiger partial charge in [0, 0.05) is 21.4 Å². The maximum absolute atomic E-state index is 12.2. The molecule has 0 unspecified atom stereocenters. The third-order valence-electron chi connectivity index (χ3n) is 13.4. The van der Waals surface area contributed by atoms with Crippen molar-refractivity contribution < 1.29 is 9.22 Å². The molecule has 0 aliphatic heterocycles. The molecule has 0 bridgehead atoms. The van der Waals surface area contributed by atoms with E-state index in [9.17, 15) is 9.22 Å². The van der Waals surface area contributed by atoms with E-state index in [0.29, 0.717) is 33.7 Å². The van der Waals surface area contributed by atoms with Crippen LogP contribution in [0.15, 0.2) is 188 Å². The van der Waals surface area contributed by atoms with Gasteiger partial charge in [-0.2, -0.15) is 0 Å². The minimum atomic E-state index is -2.55. The van der Waals surface area contributed by atoms with Crippen LogP contribution >= 0.6 is 0 Å². The van der Waals surface area contributed by atoms with Crippen molar-refractivity contribution in [3.8, 4) is 89.7 Å². The van der Waals surface area contributed by atoms with Crippen molar-refractivity contribution in [3.63, 3.8) is 0 Å². The number of phenolic OH excluding ortho intramolecular Hbond substituents is 1. The Bertz CT molecular complexity index is 3650. The Morgan fingerprint density at radius 1 is 0.493 bits per heavy atom. The average Bonchev–Trinajstić information content (AvgIpc) is 3.76. The van der Waals surface area contributed by atoms with E-state index in [4.69, 9.17) is 9.97 Å². The van der Waals surface area contributed by atoms with Crippen molar-refractivity contribution in [2.24, 2.45) is 0 Å². The lowest BCUT2D eigenvalue weighted by atomic mass is 9.78. The maximum atomic E-state index is 12.2. The molecule has 1 N–H and O–H groups in total. The molecular formula is C65H59N3O. The molecule has 10 rings (SSSR count). The number of fused-ring (bicyclic) bond motifs is 1. The summed E-state index contributed by atoms with van der Waals surface area (Å²) in [5.41, 5.74) is 17.7. The summed E-state index contributed by atoms with van der Waals surface area (Å²) in [6, 6.07) is 62.2. The quantitative estimate of drug-likeness (QED) is 0.165. The van der Waals surface area contributed by atoms with Crippen molar-refractivity contribution in [2.75, 3.05) is 0 Å². The second-order valence-corrected chi connectivity index (χ2v) is 20.4. The van der Waals surface area contributed by atoms with E-state index in [2.05, 4.69) is 146 Å². The van der Waals surface area contributed by atoms with E-state index in [-0.39, 0.29) is 22.1 Å². The number of benzene rings is 8. The summed E-state index contributed by atoms with van der Waals surface area (Å²) in [4.78, 5) is 10.5. The predicted molar refractivity (Wildman–Crippen MR) is 290 cm³/mol. The predicted octanol–water partition coefficient (Wildman–Crippen LogP) is 17.3. The van der Waals surface area contributed by atoms with Gasteiger partial charge in [0.05, 0.1) is 28.0 Å². The smallest absolute Gasteiger partial charge is 0.149 e. The number of aryl methyl sites for hydroxylation is 3. The Hall–Kier alpha value is -7.82. The molecule has 2 aromatic heterocycles. The number of aromatic nitrogens is 3. The van der Waals surface area contributed by atoms with Crippen LogP contribution in [0.1, 0.15) is 73.5 Å². The van der Waals surface area contributed by atoms with Gasteiger partial charge in [-0.05, 0) is 158 Å². The summed E-state index contributed by atoms with van der Waals surface area (Å²) in [5, 5.41) is 12.2. The first-order valence-corrected chi connectivity index (χ1v) is 23.8. The molecule has 4 nitrogen and oxygen atoms in total. The van der Waals surface area contributed by atoms with Crippen LogP contribution in [0.2, 0.25) is 0 Å². The second kappa shape index (κ2) is 17.7. The van der Waals surface area contributed by atoms with E-state index < -0.39 is 6.85 Å². The van der Waals surface area contributed by atoms with E-state index in [1.54, 1.807) is 0 Å². The van der Waals surface area contributed by atoms with Crippen LogP contribution < -0.4 is 0 Å². The summed E-state index contributed by atoms with van der Waals surface area (Å²) in [5.74, 6) is 0.530. The highest BCUT2D eigenvalue weighted by molar-refractivity contribution is 5.98. The van der Waals surface area contributed by atoms with Crippen molar-refractivity contribution in [2.45, 2.75) is 73.1 Å². The lowest BCUT2D eigenvalue weighted by molar-refractivity contribution is 0.471. The van der Waals surface area contributed by atoms with Gasteiger partial charge in [0.2, 0.25) is 0 Å². The van der Waals surface area contributed by atoms with Gasteiger partial charge in [-0.25, -0.2) is 4.98 Å². The molecule has 2 heterocycles. The van der Waals surface area contributed by atoms with Crippen molar-refractivity contribution in [1.29, 1.82) is 0 Å². The summed E-state index contributed by atoms with van der Waals surface area (Å²) in [6.07, 6.45) is 1.87. The van der Waals surface area contributed by atoms with Crippen LogP contribution in [0.4, 0.5) is 0 Å². The molecule has 8 aromatic carbocycles. The summed E-state index contributed by atoms with van der Waals surface area (Å²) in [6.45, 7) is 14.5. The lowest BCUT2D eigenvalue weighted by Gasteiger charge is -2.26. The van der Waals surface area contributed by atoms with Crippen LogP contribution in [0.5, 0.6) is 5.75 Å². The highest BCUT2D eigenvalue weighted by Crippen LogP contribution is 2.45. The molecular weight excluding hydrogens is 839 g/mol. The van der Waals surface area contributed by atoms with Crippen molar-refractivity contribution >= 4 is 11.0 Å². The first-order valence-electron chi connectivity index (χ1n) is 25.3. The molecule has 0 atom stereocenters. The lowest BCUT2D eigenvalue weighted by Crippen LogP contribution is -2.13. The Morgan fingerprint density at radius 2 is 1.14 bits per heavy atom. The van der Waals surface area contributed by atoms with Gasteiger partial charge in [0.15, 0.2) is 0 Å². The zero-order chi connectivity index (χ0) is 50.7. The van der Waals surface area contributed by atoms with Crippen LogP contribution in [0.25, 0.3) is 95.0 Å². The highest BCUT2D eigenvalue weighted by Gasteiger charge is 2.27. The number of hydrogen-bond donors (Lipinski definition) is 1. The van der Waals surface area contributed by atoms with E-state index in [1.807, 2.05) is 103 Å². The van der Waals surface area contributed by atoms with Crippen LogP contribution in [0.3, 0.4) is 0 Å². The van der Waals surface area contributed by atoms with Crippen LogP contribution in [-0.4, -0.2) is 19.6 Å². The molecule has 0 aliphatic rings. The number of hydrogen-bond acceptors (Lipinski definition) is 3. The molecule has 0 aliphatic carbocycles. The highest BCUT2D eigenvalue weighted by atomic mass is 16.3. The normalized spacial score (nSPS) is 12.7. The number of aromatic hydroxyl groups is 1. The zero-order valence-corrected chi connectivity index (χ0v) is 40.7. The molecule has 0 saturated carbocycles. The van der Waals surface area contributed by atoms with Gasteiger partial charge in [-0.3, -0.25) is 9.55 Å². The molecule has 10 aromatic rings. The fourth-order valence-electron chi connectivity index (χ4n) is 9.62. The first-order chi connectivity index (χ1) is 34.3. The van der Waals surface area contributed by atoms with Crippen LogP contribution in [0, 0.1) is 20.7 Å². The molecule has 0 saturated heterocycles. The molecule has 340 valence electrons. The van der Waals surface area contributed by atoms with E-state index in [0.717, 1.165) is 78.0 Å². The number of nitrogens with zero attached hydrogens (tertiary/aromatic N) is 3. The molecule has 0 amide bonds. The molecule has 0 radical (unpaired) electrons. The third kappa shape index (κ3) is 8.68. The SMILES string of the molecule is [2H]C([2H])([2H])c1cc(-c2c(-c3ccccc3)cccc2C(C)(C)C)ccc1-n1c(-c2cc(C(C)(C)C)cc(C)c2O)nc2c(-c3cc(-c4ccccc4)cc(-c4cc(-c5ccc(C)cc5)ccn4)c3)cccc21. The maximum Gasteiger partial charge on any atom is 0.149 e. The standard InChI is InChI=1S/C65H59N3O/c1-41-26-28-45(29-27-41)47-32-33-66-57(39-47)51-37-49(44-18-12-10-13-19-44)36-50(38-51)54-23-17-25-59-61(54)67-63(55-40-52(64(4,5)6)35-43(3)62(55)69)68(59)58-31-30-48(34-42(58)2)60-53(46-20-14-11-15-21-46)22-16-24-56(60)65(7,8)9/h10-40,69H,1-9H3/i2D3. The fraction of sp³-hybridized carbons (Fsp3) is 0.169. The summed E-state index contributed by atoms with van der Waals surface area (Å²) < 4.78 is 29.7. The van der Waals surface area contributed by atoms with Crippen LogP contribution in [-0.2, 0) is 10.8 Å². The fourth-order valence-corrected chi connectivity index (χ4v) is 9.62. The summed E-state index contributed by atoms with van der Waals surface area (Å²) in [7, 11) is 0. The minimum Gasteiger partial charge on any atom is -0.507 e. The third-order valence-corrected chi connectivity index (χ3v) is 13.4. The Kier molecular flexibility index (Phi) is 10.6. The molecule has 4 heteroatoms. The second-order valence-electron chi connectivity index (χ2n) is 20.4. The number of para-hydroxylation sites is 1. The van der Waals surface area contributed by atoms with Gasteiger partial charge in [-0.15, -0.1) is 0 Å². The van der Waals surface area contributed by atoms with Gasteiger partial charge >= 0.3 is 0 Å². The topological polar surface area (TPSA) is 50.9 Å². The molecule has 0 fully saturated rings. The molecule has 69 heavy (non-hydrogen) atoms. The number of phenols is 1.